The standard InChI is InChI=1S/C18H19BrO2/c1-14(15-6-3-2-4-7-15)21-13-5-8-18(20)16-9-11-17(19)12-10-16/h2-4,6-7,9-12,14H,5,8,13H2,1H3. The zero-order valence-electron chi connectivity index (χ0n) is 12.1. The van der Waals surface area contributed by atoms with E-state index in [1.807, 2.05) is 49.4 Å². The smallest absolute Gasteiger partial charge is 0.162 e. The fourth-order valence-electron chi connectivity index (χ4n) is 2.09. The van der Waals surface area contributed by atoms with Gasteiger partial charge in [-0.15, -0.1) is 0 Å². The second-order valence-corrected chi connectivity index (χ2v) is 5.87. The number of hydrogen-bond acceptors (Lipinski definition) is 2. The van der Waals surface area contributed by atoms with Crippen molar-refractivity contribution >= 4 is 21.7 Å². The molecule has 0 heterocycles. The van der Waals surface area contributed by atoms with Crippen LogP contribution in [0.3, 0.4) is 0 Å². The van der Waals surface area contributed by atoms with Crippen LogP contribution in [0.1, 0.15) is 41.8 Å². The van der Waals surface area contributed by atoms with E-state index in [-0.39, 0.29) is 11.9 Å². The van der Waals surface area contributed by atoms with E-state index in [0.717, 1.165) is 22.0 Å². The van der Waals surface area contributed by atoms with Crippen LogP contribution >= 0.6 is 15.9 Å². The molecule has 0 saturated carbocycles. The van der Waals surface area contributed by atoms with Crippen molar-refractivity contribution in [2.75, 3.05) is 6.61 Å². The topological polar surface area (TPSA) is 26.3 Å². The van der Waals surface area contributed by atoms with E-state index in [1.165, 1.54) is 0 Å². The number of benzene rings is 2. The molecule has 2 nitrogen and oxygen atoms in total. The first-order valence-corrected chi connectivity index (χ1v) is 7.91. The summed E-state index contributed by atoms with van der Waals surface area (Å²) in [5.74, 6) is 0.165. The highest BCUT2D eigenvalue weighted by Gasteiger charge is 2.07. The molecule has 2 aromatic rings. The number of Topliss-reactive ketones (excluding diaryl/α,β-unsaturated/α-hetero) is 1. The van der Waals surface area contributed by atoms with Crippen molar-refractivity contribution in [3.63, 3.8) is 0 Å². The van der Waals surface area contributed by atoms with E-state index in [4.69, 9.17) is 4.74 Å². The number of carbonyl (C=O) groups is 1. The van der Waals surface area contributed by atoms with E-state index in [2.05, 4.69) is 28.1 Å². The molecular formula is C18H19BrO2. The van der Waals surface area contributed by atoms with Gasteiger partial charge in [0.1, 0.15) is 0 Å². The molecule has 0 aliphatic heterocycles. The number of rotatable bonds is 7. The van der Waals surface area contributed by atoms with Gasteiger partial charge >= 0.3 is 0 Å². The molecule has 110 valence electrons. The Morgan fingerprint density at radius 2 is 1.76 bits per heavy atom. The monoisotopic (exact) mass is 346 g/mol. The number of hydrogen-bond donors (Lipinski definition) is 0. The maximum Gasteiger partial charge on any atom is 0.162 e. The minimum atomic E-state index is 0.0639. The lowest BCUT2D eigenvalue weighted by atomic mass is 10.1. The van der Waals surface area contributed by atoms with E-state index in [0.29, 0.717) is 13.0 Å². The van der Waals surface area contributed by atoms with Gasteiger partial charge in [-0.1, -0.05) is 58.4 Å². The molecule has 0 bridgehead atoms. The van der Waals surface area contributed by atoms with Crippen LogP contribution in [0.5, 0.6) is 0 Å². The van der Waals surface area contributed by atoms with Gasteiger partial charge in [0.05, 0.1) is 6.10 Å². The van der Waals surface area contributed by atoms with Crippen LogP contribution in [0.15, 0.2) is 59.1 Å². The van der Waals surface area contributed by atoms with Crippen molar-refractivity contribution in [1.82, 2.24) is 0 Å². The molecule has 0 aromatic heterocycles. The predicted molar refractivity (Wildman–Crippen MR) is 88.5 cm³/mol. The molecule has 1 atom stereocenters. The van der Waals surface area contributed by atoms with Crippen molar-refractivity contribution in [3.8, 4) is 0 Å². The largest absolute Gasteiger partial charge is 0.374 e. The van der Waals surface area contributed by atoms with E-state index >= 15 is 0 Å². The lowest BCUT2D eigenvalue weighted by molar-refractivity contribution is 0.0611. The van der Waals surface area contributed by atoms with Crippen LogP contribution in [0.4, 0.5) is 0 Å². The molecule has 0 N–H and O–H groups in total. The maximum atomic E-state index is 12.0. The van der Waals surface area contributed by atoms with Gasteiger partial charge in [-0.3, -0.25) is 4.79 Å². The summed E-state index contributed by atoms with van der Waals surface area (Å²) < 4.78 is 6.76. The summed E-state index contributed by atoms with van der Waals surface area (Å²) in [4.78, 5) is 12.0. The van der Waals surface area contributed by atoms with E-state index < -0.39 is 0 Å². The minimum absolute atomic E-state index is 0.0639. The molecule has 0 spiro atoms. The molecule has 21 heavy (non-hydrogen) atoms. The van der Waals surface area contributed by atoms with Crippen molar-refractivity contribution in [2.45, 2.75) is 25.9 Å². The number of carbonyl (C=O) groups excluding carboxylic acids is 1. The Labute approximate surface area is 134 Å². The van der Waals surface area contributed by atoms with Crippen LogP contribution in [0.2, 0.25) is 0 Å². The number of halogens is 1. The first-order chi connectivity index (χ1) is 10.2. The molecule has 1 unspecified atom stereocenters. The summed E-state index contributed by atoms with van der Waals surface area (Å²) in [6, 6.07) is 17.6. The van der Waals surface area contributed by atoms with E-state index in [9.17, 15) is 4.79 Å². The lowest BCUT2D eigenvalue weighted by Gasteiger charge is -2.13. The van der Waals surface area contributed by atoms with Crippen molar-refractivity contribution in [3.05, 3.63) is 70.2 Å². The van der Waals surface area contributed by atoms with E-state index in [1.54, 1.807) is 0 Å². The highest BCUT2D eigenvalue weighted by Crippen LogP contribution is 2.17. The molecule has 0 aliphatic rings. The fourth-order valence-corrected chi connectivity index (χ4v) is 2.36. The molecule has 0 saturated heterocycles. The Morgan fingerprint density at radius 3 is 2.43 bits per heavy atom. The summed E-state index contributed by atoms with van der Waals surface area (Å²) in [5.41, 5.74) is 1.92. The summed E-state index contributed by atoms with van der Waals surface area (Å²) in [6.07, 6.45) is 1.32. The van der Waals surface area contributed by atoms with Gasteiger partial charge in [0.25, 0.3) is 0 Å². The van der Waals surface area contributed by atoms with Crippen molar-refractivity contribution in [2.24, 2.45) is 0 Å². The van der Waals surface area contributed by atoms with Crippen LogP contribution < -0.4 is 0 Å². The highest BCUT2D eigenvalue weighted by atomic mass is 79.9. The Kier molecular flexibility index (Phi) is 6.15. The van der Waals surface area contributed by atoms with Crippen LogP contribution in [0, 0.1) is 0 Å². The minimum Gasteiger partial charge on any atom is -0.374 e. The summed E-state index contributed by atoms with van der Waals surface area (Å²) in [5, 5.41) is 0. The van der Waals surface area contributed by atoms with Gasteiger partial charge in [0, 0.05) is 23.1 Å². The lowest BCUT2D eigenvalue weighted by Crippen LogP contribution is -2.05. The summed E-state index contributed by atoms with van der Waals surface area (Å²) >= 11 is 3.37. The third-order valence-corrected chi connectivity index (χ3v) is 3.88. The number of ether oxygens (including phenoxy) is 1. The summed E-state index contributed by atoms with van der Waals surface area (Å²) in [7, 11) is 0. The average molecular weight is 347 g/mol. The quantitative estimate of drug-likeness (QED) is 0.509. The fraction of sp³-hybridized carbons (Fsp3) is 0.278. The maximum absolute atomic E-state index is 12.0. The van der Waals surface area contributed by atoms with Crippen molar-refractivity contribution < 1.29 is 9.53 Å². The molecular weight excluding hydrogens is 328 g/mol. The average Bonchev–Trinajstić information content (AvgIpc) is 2.52. The Hall–Kier alpha value is -1.45. The Bertz CT molecular complexity index is 564. The zero-order chi connectivity index (χ0) is 15.1. The third kappa shape index (κ3) is 5.10. The van der Waals surface area contributed by atoms with Gasteiger partial charge in [0.15, 0.2) is 5.78 Å². The SMILES string of the molecule is CC(OCCCC(=O)c1ccc(Br)cc1)c1ccccc1. The Balaban J connectivity index is 1.72. The molecule has 0 fully saturated rings. The highest BCUT2D eigenvalue weighted by molar-refractivity contribution is 9.10. The van der Waals surface area contributed by atoms with Gasteiger partial charge < -0.3 is 4.74 Å². The van der Waals surface area contributed by atoms with Gasteiger partial charge in [-0.05, 0) is 31.0 Å². The van der Waals surface area contributed by atoms with Crippen LogP contribution in [0.25, 0.3) is 0 Å². The Morgan fingerprint density at radius 1 is 1.10 bits per heavy atom. The third-order valence-electron chi connectivity index (χ3n) is 3.35. The summed E-state index contributed by atoms with van der Waals surface area (Å²) in [6.45, 7) is 2.63. The second kappa shape index (κ2) is 8.11. The first-order valence-electron chi connectivity index (χ1n) is 7.12. The number of ketones is 1. The molecule has 2 aromatic carbocycles. The van der Waals surface area contributed by atoms with Gasteiger partial charge in [0.2, 0.25) is 0 Å². The molecule has 0 amide bonds. The molecule has 2 rings (SSSR count). The predicted octanol–water partition coefficient (Wildman–Crippen LogP) is 5.19. The zero-order valence-corrected chi connectivity index (χ0v) is 13.7. The van der Waals surface area contributed by atoms with Crippen LogP contribution in [-0.2, 0) is 4.74 Å². The van der Waals surface area contributed by atoms with Gasteiger partial charge in [-0.25, -0.2) is 0 Å². The van der Waals surface area contributed by atoms with Crippen molar-refractivity contribution in [1.29, 1.82) is 0 Å². The normalized spacial score (nSPS) is 12.1. The molecule has 0 aliphatic carbocycles. The van der Waals surface area contributed by atoms with Gasteiger partial charge in [-0.2, -0.15) is 0 Å². The second-order valence-electron chi connectivity index (χ2n) is 4.96. The molecule has 0 radical (unpaired) electrons. The van der Waals surface area contributed by atoms with Crippen LogP contribution in [-0.4, -0.2) is 12.4 Å². The molecule has 3 heteroatoms. The first kappa shape index (κ1) is 15.9.